The summed E-state index contributed by atoms with van der Waals surface area (Å²) in [5.41, 5.74) is -1.43. The van der Waals surface area contributed by atoms with Crippen LogP contribution in [0.15, 0.2) is 18.5 Å². The molecule has 1 atom stereocenters. The van der Waals surface area contributed by atoms with E-state index in [1.54, 1.807) is 13.0 Å². The summed E-state index contributed by atoms with van der Waals surface area (Å²) in [4.78, 5) is 19.4. The summed E-state index contributed by atoms with van der Waals surface area (Å²) in [7, 11) is 0. The van der Waals surface area contributed by atoms with E-state index in [-0.39, 0.29) is 12.4 Å². The van der Waals surface area contributed by atoms with Crippen LogP contribution in [0.3, 0.4) is 0 Å². The van der Waals surface area contributed by atoms with Gasteiger partial charge in [0.25, 0.3) is 0 Å². The van der Waals surface area contributed by atoms with Crippen molar-refractivity contribution >= 4 is 5.97 Å². The lowest BCUT2D eigenvalue weighted by Crippen LogP contribution is -2.34. The molecule has 15 heavy (non-hydrogen) atoms. The molecular formula is C10H11N3O2. The summed E-state index contributed by atoms with van der Waals surface area (Å²) in [5.74, 6) is -0.468. The van der Waals surface area contributed by atoms with Gasteiger partial charge in [-0.15, -0.1) is 0 Å². The first kappa shape index (κ1) is 11.1. The minimum atomic E-state index is -1.43. The Morgan fingerprint density at radius 1 is 1.60 bits per heavy atom. The normalized spacial score (nSPS) is 13.7. The van der Waals surface area contributed by atoms with Gasteiger partial charge in [0.15, 0.2) is 5.82 Å². The quantitative estimate of drug-likeness (QED) is 0.683. The van der Waals surface area contributed by atoms with Crippen LogP contribution in [0.1, 0.15) is 19.7 Å². The minimum absolute atomic E-state index is 0.158. The third-order valence-electron chi connectivity index (χ3n) is 1.92. The first-order valence-electron chi connectivity index (χ1n) is 4.51. The van der Waals surface area contributed by atoms with Gasteiger partial charge in [-0.2, -0.15) is 5.26 Å². The molecule has 0 amide bonds. The van der Waals surface area contributed by atoms with Crippen LogP contribution in [0.2, 0.25) is 0 Å². The van der Waals surface area contributed by atoms with E-state index in [2.05, 4.69) is 9.97 Å². The summed E-state index contributed by atoms with van der Waals surface area (Å²) in [6.07, 6.45) is 2.97. The van der Waals surface area contributed by atoms with E-state index in [4.69, 9.17) is 10.00 Å². The zero-order chi connectivity index (χ0) is 11.3. The highest BCUT2D eigenvalue weighted by molar-refractivity contribution is 5.85. The van der Waals surface area contributed by atoms with Gasteiger partial charge in [0.05, 0.1) is 12.7 Å². The molecular weight excluding hydrogens is 194 g/mol. The van der Waals surface area contributed by atoms with Crippen LogP contribution in [0, 0.1) is 11.3 Å². The highest BCUT2D eigenvalue weighted by atomic mass is 16.5. The van der Waals surface area contributed by atoms with E-state index < -0.39 is 11.4 Å². The second-order valence-corrected chi connectivity index (χ2v) is 3.03. The number of hydrogen-bond donors (Lipinski definition) is 0. The fourth-order valence-electron chi connectivity index (χ4n) is 1.02. The maximum absolute atomic E-state index is 11.6. The van der Waals surface area contributed by atoms with Gasteiger partial charge in [-0.1, -0.05) is 0 Å². The lowest BCUT2D eigenvalue weighted by molar-refractivity contribution is -0.147. The summed E-state index contributed by atoms with van der Waals surface area (Å²) in [6.45, 7) is 3.35. The molecule has 0 saturated carbocycles. The van der Waals surface area contributed by atoms with Gasteiger partial charge < -0.3 is 4.74 Å². The molecule has 0 aliphatic rings. The van der Waals surface area contributed by atoms with Crippen molar-refractivity contribution in [2.45, 2.75) is 19.3 Å². The number of esters is 1. The van der Waals surface area contributed by atoms with E-state index in [0.717, 1.165) is 0 Å². The number of carbonyl (C=O) groups excluding carboxylic acids is 1. The fourth-order valence-corrected chi connectivity index (χ4v) is 1.02. The fraction of sp³-hybridized carbons (Fsp3) is 0.400. The van der Waals surface area contributed by atoms with Gasteiger partial charge in [-0.25, -0.2) is 14.8 Å². The minimum Gasteiger partial charge on any atom is -0.464 e. The summed E-state index contributed by atoms with van der Waals surface area (Å²) in [6, 6.07) is 3.50. The Balaban J connectivity index is 3.07. The van der Waals surface area contributed by atoms with Crippen molar-refractivity contribution in [3.05, 3.63) is 24.3 Å². The lowest BCUT2D eigenvalue weighted by atomic mass is 9.92. The van der Waals surface area contributed by atoms with E-state index in [9.17, 15) is 4.79 Å². The maximum atomic E-state index is 11.6. The van der Waals surface area contributed by atoms with Gasteiger partial charge in [0.2, 0.25) is 5.41 Å². The molecule has 0 spiro atoms. The monoisotopic (exact) mass is 205 g/mol. The van der Waals surface area contributed by atoms with Crippen LogP contribution in [-0.4, -0.2) is 22.5 Å². The van der Waals surface area contributed by atoms with Crippen molar-refractivity contribution in [2.75, 3.05) is 6.61 Å². The number of nitrogens with zero attached hydrogens (tertiary/aromatic N) is 3. The van der Waals surface area contributed by atoms with Crippen LogP contribution >= 0.6 is 0 Å². The molecule has 0 aromatic carbocycles. The maximum Gasteiger partial charge on any atom is 0.334 e. The summed E-state index contributed by atoms with van der Waals surface area (Å²) >= 11 is 0. The predicted molar refractivity (Wildman–Crippen MR) is 51.6 cm³/mol. The average Bonchev–Trinajstić information content (AvgIpc) is 2.29. The highest BCUT2D eigenvalue weighted by Crippen LogP contribution is 2.20. The van der Waals surface area contributed by atoms with Crippen molar-refractivity contribution in [3.8, 4) is 6.07 Å². The SMILES string of the molecule is CCOC(=O)C(C)(C#N)c1ncccn1. The Morgan fingerprint density at radius 3 is 2.67 bits per heavy atom. The smallest absolute Gasteiger partial charge is 0.334 e. The molecule has 78 valence electrons. The molecule has 1 aromatic heterocycles. The van der Waals surface area contributed by atoms with E-state index in [0.29, 0.717) is 0 Å². The Labute approximate surface area is 87.7 Å². The van der Waals surface area contributed by atoms with Crippen molar-refractivity contribution in [1.82, 2.24) is 9.97 Å². The molecule has 1 unspecified atom stereocenters. The molecule has 0 bridgehead atoms. The molecule has 5 heteroatoms. The zero-order valence-corrected chi connectivity index (χ0v) is 8.60. The van der Waals surface area contributed by atoms with Crippen molar-refractivity contribution in [1.29, 1.82) is 5.26 Å². The standard InChI is InChI=1S/C10H11N3O2/c1-3-15-9(14)10(2,7-11)8-12-5-4-6-13-8/h4-6H,3H2,1-2H3. The third kappa shape index (κ3) is 2.10. The topological polar surface area (TPSA) is 75.9 Å². The second-order valence-electron chi connectivity index (χ2n) is 3.03. The van der Waals surface area contributed by atoms with E-state index >= 15 is 0 Å². The molecule has 0 N–H and O–H groups in total. The molecule has 1 rings (SSSR count). The Bertz CT molecular complexity index is 385. The molecule has 0 aliphatic heterocycles. The molecule has 0 radical (unpaired) electrons. The number of aromatic nitrogens is 2. The first-order valence-corrected chi connectivity index (χ1v) is 4.51. The van der Waals surface area contributed by atoms with Gasteiger partial charge in [0.1, 0.15) is 0 Å². The molecule has 1 heterocycles. The van der Waals surface area contributed by atoms with Crippen molar-refractivity contribution in [2.24, 2.45) is 0 Å². The van der Waals surface area contributed by atoms with Gasteiger partial charge in [0, 0.05) is 12.4 Å². The highest BCUT2D eigenvalue weighted by Gasteiger charge is 2.40. The molecule has 0 saturated heterocycles. The van der Waals surface area contributed by atoms with Crippen molar-refractivity contribution < 1.29 is 9.53 Å². The van der Waals surface area contributed by atoms with Crippen molar-refractivity contribution in [3.63, 3.8) is 0 Å². The first-order chi connectivity index (χ1) is 7.15. The largest absolute Gasteiger partial charge is 0.464 e. The zero-order valence-electron chi connectivity index (χ0n) is 8.60. The summed E-state index contributed by atoms with van der Waals surface area (Å²) in [5, 5.41) is 9.00. The molecule has 5 nitrogen and oxygen atoms in total. The number of ether oxygens (including phenoxy) is 1. The number of carbonyl (C=O) groups is 1. The van der Waals surface area contributed by atoms with Gasteiger partial charge in [-0.05, 0) is 19.9 Å². The number of hydrogen-bond acceptors (Lipinski definition) is 5. The predicted octanol–water partition coefficient (Wildman–Crippen LogP) is 0.821. The van der Waals surface area contributed by atoms with Crippen LogP contribution in [0.5, 0.6) is 0 Å². The number of rotatable bonds is 3. The second kappa shape index (κ2) is 4.51. The van der Waals surface area contributed by atoms with Crippen LogP contribution in [-0.2, 0) is 14.9 Å². The Hall–Kier alpha value is -1.96. The van der Waals surface area contributed by atoms with E-state index in [1.807, 2.05) is 6.07 Å². The lowest BCUT2D eigenvalue weighted by Gasteiger charge is -2.16. The van der Waals surface area contributed by atoms with Crippen LogP contribution in [0.4, 0.5) is 0 Å². The van der Waals surface area contributed by atoms with E-state index in [1.165, 1.54) is 19.3 Å². The van der Waals surface area contributed by atoms with Crippen LogP contribution in [0.25, 0.3) is 0 Å². The van der Waals surface area contributed by atoms with Crippen LogP contribution < -0.4 is 0 Å². The van der Waals surface area contributed by atoms with Gasteiger partial charge in [-0.3, -0.25) is 0 Å². The Kier molecular flexibility index (Phi) is 3.34. The molecule has 0 aliphatic carbocycles. The average molecular weight is 205 g/mol. The summed E-state index contributed by atoms with van der Waals surface area (Å²) < 4.78 is 4.81. The molecule has 1 aromatic rings. The third-order valence-corrected chi connectivity index (χ3v) is 1.92. The van der Waals surface area contributed by atoms with Gasteiger partial charge >= 0.3 is 5.97 Å². The Morgan fingerprint density at radius 2 is 2.20 bits per heavy atom. The molecule has 0 fully saturated rings. The number of nitriles is 1.